The van der Waals surface area contributed by atoms with Crippen molar-refractivity contribution < 1.29 is 9.53 Å². The normalized spacial score (nSPS) is 22.7. The fourth-order valence-electron chi connectivity index (χ4n) is 2.87. The molecular weight excluding hydrogens is 278 g/mol. The fraction of sp³-hybridized carbons (Fsp3) is 0.588. The summed E-state index contributed by atoms with van der Waals surface area (Å²) in [4.78, 5) is 14.5. The average molecular weight is 305 g/mol. The molecule has 22 heavy (non-hydrogen) atoms. The number of nitrogens with two attached hydrogens (primary N) is 1. The average Bonchev–Trinajstić information content (AvgIpc) is 2.96. The molecule has 1 fully saturated rings. The Morgan fingerprint density at radius 2 is 2.09 bits per heavy atom. The van der Waals surface area contributed by atoms with Gasteiger partial charge in [0.15, 0.2) is 0 Å². The highest BCUT2D eigenvalue weighted by Crippen LogP contribution is 2.19. The van der Waals surface area contributed by atoms with Crippen LogP contribution in [-0.4, -0.2) is 56.2 Å². The van der Waals surface area contributed by atoms with Gasteiger partial charge >= 0.3 is 0 Å². The van der Waals surface area contributed by atoms with Gasteiger partial charge < -0.3 is 20.7 Å². The summed E-state index contributed by atoms with van der Waals surface area (Å²) < 4.78 is 5.68. The Balaban J connectivity index is 1.93. The van der Waals surface area contributed by atoms with Crippen molar-refractivity contribution in [3.8, 4) is 0 Å². The number of amides is 1. The van der Waals surface area contributed by atoms with Crippen LogP contribution in [0.3, 0.4) is 0 Å². The minimum absolute atomic E-state index is 0.0151. The minimum Gasteiger partial charge on any atom is -0.364 e. The number of carbonyl (C=O) groups excluding carboxylic acids is 1. The molecule has 5 nitrogen and oxygen atoms in total. The van der Waals surface area contributed by atoms with Gasteiger partial charge in [0, 0.05) is 19.1 Å². The number of benzene rings is 1. The largest absolute Gasteiger partial charge is 0.364 e. The number of likely N-dealkylation sites (N-methyl/N-ethyl adjacent to an activating group) is 1. The molecule has 1 heterocycles. The summed E-state index contributed by atoms with van der Waals surface area (Å²) in [6, 6.07) is 10.3. The van der Waals surface area contributed by atoms with Gasteiger partial charge in [-0.25, -0.2) is 0 Å². The van der Waals surface area contributed by atoms with Crippen LogP contribution in [0.1, 0.15) is 18.4 Å². The van der Waals surface area contributed by atoms with Gasteiger partial charge in [0.2, 0.25) is 5.91 Å². The van der Waals surface area contributed by atoms with Gasteiger partial charge in [-0.15, -0.1) is 0 Å². The van der Waals surface area contributed by atoms with Crippen LogP contribution in [0.2, 0.25) is 0 Å². The first-order valence-electron chi connectivity index (χ1n) is 7.93. The number of nitrogens with one attached hydrogen (secondary N) is 1. The van der Waals surface area contributed by atoms with E-state index in [1.165, 1.54) is 5.56 Å². The maximum absolute atomic E-state index is 12.4. The standard InChI is InChI=1S/C17H27N3O2/c1-20(2)12-14(10-13-6-4-3-5-7-13)19-17(21)16-9-8-15(11-18)22-16/h3-7,14-16H,8-12,18H2,1-2H3,(H,19,21)/t14?,15-,16+/m1/s1. The molecule has 1 aromatic rings. The number of hydrogen-bond donors (Lipinski definition) is 2. The zero-order chi connectivity index (χ0) is 15.9. The van der Waals surface area contributed by atoms with Gasteiger partial charge in [0.05, 0.1) is 6.10 Å². The lowest BCUT2D eigenvalue weighted by Crippen LogP contribution is -2.47. The second kappa shape index (κ2) is 8.27. The van der Waals surface area contributed by atoms with E-state index in [0.29, 0.717) is 6.54 Å². The molecule has 0 bridgehead atoms. The van der Waals surface area contributed by atoms with Gasteiger partial charge in [0.25, 0.3) is 0 Å². The number of nitrogens with zero attached hydrogens (tertiary/aromatic N) is 1. The van der Waals surface area contributed by atoms with Crippen molar-refractivity contribution in [3.05, 3.63) is 35.9 Å². The van der Waals surface area contributed by atoms with E-state index >= 15 is 0 Å². The number of ether oxygens (including phenoxy) is 1. The van der Waals surface area contributed by atoms with Crippen molar-refractivity contribution in [3.63, 3.8) is 0 Å². The molecule has 3 atom stereocenters. The summed E-state index contributed by atoms with van der Waals surface area (Å²) in [5, 5.41) is 3.14. The summed E-state index contributed by atoms with van der Waals surface area (Å²) in [7, 11) is 4.03. The van der Waals surface area contributed by atoms with Gasteiger partial charge in [-0.05, 0) is 38.9 Å². The first-order chi connectivity index (χ1) is 10.6. The maximum Gasteiger partial charge on any atom is 0.249 e. The van der Waals surface area contributed by atoms with E-state index in [-0.39, 0.29) is 24.2 Å². The second-order valence-electron chi connectivity index (χ2n) is 6.22. The zero-order valence-electron chi connectivity index (χ0n) is 13.5. The van der Waals surface area contributed by atoms with Gasteiger partial charge in [-0.3, -0.25) is 4.79 Å². The van der Waals surface area contributed by atoms with E-state index in [4.69, 9.17) is 10.5 Å². The van der Waals surface area contributed by atoms with Crippen LogP contribution in [-0.2, 0) is 16.0 Å². The molecule has 0 aliphatic carbocycles. The monoisotopic (exact) mass is 305 g/mol. The van der Waals surface area contributed by atoms with Crippen molar-refractivity contribution >= 4 is 5.91 Å². The highest BCUT2D eigenvalue weighted by Gasteiger charge is 2.31. The molecule has 0 spiro atoms. The van der Waals surface area contributed by atoms with E-state index in [9.17, 15) is 4.79 Å². The van der Waals surface area contributed by atoms with Crippen molar-refractivity contribution in [2.75, 3.05) is 27.2 Å². The Morgan fingerprint density at radius 3 is 2.68 bits per heavy atom. The van der Waals surface area contributed by atoms with Gasteiger partial charge in [0.1, 0.15) is 6.10 Å². The maximum atomic E-state index is 12.4. The number of rotatable bonds is 7. The molecule has 1 aliphatic rings. The highest BCUT2D eigenvalue weighted by molar-refractivity contribution is 5.81. The fourth-order valence-corrected chi connectivity index (χ4v) is 2.87. The molecular formula is C17H27N3O2. The molecule has 3 N–H and O–H groups in total. The molecule has 1 saturated heterocycles. The van der Waals surface area contributed by atoms with E-state index < -0.39 is 0 Å². The molecule has 0 aromatic heterocycles. The predicted octanol–water partition coefficient (Wildman–Crippen LogP) is 0.782. The van der Waals surface area contributed by atoms with Gasteiger partial charge in [-0.2, -0.15) is 0 Å². The molecule has 2 rings (SSSR count). The third-order valence-corrected chi connectivity index (χ3v) is 3.92. The molecule has 0 saturated carbocycles. The Kier molecular flexibility index (Phi) is 6.36. The SMILES string of the molecule is CN(C)CC(Cc1ccccc1)NC(=O)[C@@H]1CC[C@H](CN)O1. The van der Waals surface area contributed by atoms with E-state index in [1.54, 1.807) is 0 Å². The summed E-state index contributed by atoms with van der Waals surface area (Å²) in [5.41, 5.74) is 6.83. The minimum atomic E-state index is -0.353. The van der Waals surface area contributed by atoms with Crippen LogP contribution in [0, 0.1) is 0 Å². The van der Waals surface area contributed by atoms with Crippen LogP contribution >= 0.6 is 0 Å². The topological polar surface area (TPSA) is 67.6 Å². The summed E-state index contributed by atoms with van der Waals surface area (Å²) in [6.45, 7) is 1.28. The molecule has 0 radical (unpaired) electrons. The van der Waals surface area contributed by atoms with E-state index in [2.05, 4.69) is 22.3 Å². The first-order valence-corrected chi connectivity index (χ1v) is 7.93. The third-order valence-electron chi connectivity index (χ3n) is 3.92. The first kappa shape index (κ1) is 16.9. The van der Waals surface area contributed by atoms with Crippen molar-refractivity contribution in [1.29, 1.82) is 0 Å². The Bertz CT molecular complexity index is 464. The molecule has 1 aliphatic heterocycles. The molecule has 5 heteroatoms. The Morgan fingerprint density at radius 1 is 1.36 bits per heavy atom. The van der Waals surface area contributed by atoms with E-state index in [0.717, 1.165) is 25.8 Å². The second-order valence-corrected chi connectivity index (χ2v) is 6.22. The summed E-state index contributed by atoms with van der Waals surface area (Å²) in [5.74, 6) is -0.0151. The van der Waals surface area contributed by atoms with Crippen LogP contribution in [0.5, 0.6) is 0 Å². The van der Waals surface area contributed by atoms with Crippen LogP contribution in [0.15, 0.2) is 30.3 Å². The van der Waals surface area contributed by atoms with Crippen LogP contribution in [0.4, 0.5) is 0 Å². The Labute approximate surface area is 132 Å². The summed E-state index contributed by atoms with van der Waals surface area (Å²) in [6.07, 6.45) is 2.11. The number of hydrogen-bond acceptors (Lipinski definition) is 4. The molecule has 122 valence electrons. The lowest BCUT2D eigenvalue weighted by molar-refractivity contribution is -0.132. The molecule has 1 aromatic carbocycles. The lowest BCUT2D eigenvalue weighted by Gasteiger charge is -2.24. The quantitative estimate of drug-likeness (QED) is 0.781. The smallest absolute Gasteiger partial charge is 0.249 e. The van der Waals surface area contributed by atoms with Crippen molar-refractivity contribution in [2.24, 2.45) is 5.73 Å². The van der Waals surface area contributed by atoms with Gasteiger partial charge in [-0.1, -0.05) is 30.3 Å². The molecule has 1 amide bonds. The molecule has 1 unspecified atom stereocenters. The summed E-state index contributed by atoms with van der Waals surface area (Å²) >= 11 is 0. The zero-order valence-corrected chi connectivity index (χ0v) is 13.5. The Hall–Kier alpha value is -1.43. The highest BCUT2D eigenvalue weighted by atomic mass is 16.5. The third kappa shape index (κ3) is 5.09. The van der Waals surface area contributed by atoms with Crippen molar-refractivity contribution in [2.45, 2.75) is 37.5 Å². The van der Waals surface area contributed by atoms with Crippen molar-refractivity contribution in [1.82, 2.24) is 10.2 Å². The predicted molar refractivity (Wildman–Crippen MR) is 87.6 cm³/mol. The van der Waals surface area contributed by atoms with Crippen LogP contribution < -0.4 is 11.1 Å². The lowest BCUT2D eigenvalue weighted by atomic mass is 10.0. The van der Waals surface area contributed by atoms with E-state index in [1.807, 2.05) is 32.3 Å². The van der Waals surface area contributed by atoms with Crippen LogP contribution in [0.25, 0.3) is 0 Å². The number of carbonyl (C=O) groups is 1.